The van der Waals surface area contributed by atoms with Gasteiger partial charge < -0.3 is 14.6 Å². The summed E-state index contributed by atoms with van der Waals surface area (Å²) in [5.41, 5.74) is 1.75. The number of ether oxygens (including phenoxy) is 2. The fourth-order valence-electron chi connectivity index (χ4n) is 2.39. The average molecular weight is 449 g/mol. The Morgan fingerprint density at radius 1 is 1.25 bits per heavy atom. The fourth-order valence-corrected chi connectivity index (χ4v) is 2.84. The highest BCUT2D eigenvalue weighted by Gasteiger charge is 2.08. The smallest absolute Gasteiger partial charge is 0.333 e. The molecule has 0 amide bonds. The van der Waals surface area contributed by atoms with Gasteiger partial charge in [0.15, 0.2) is 0 Å². The van der Waals surface area contributed by atoms with E-state index in [9.17, 15) is 4.79 Å². The van der Waals surface area contributed by atoms with Gasteiger partial charge in [-0.15, -0.1) is 0 Å². The van der Waals surface area contributed by atoms with Crippen LogP contribution in [0.2, 0.25) is 0 Å². The number of allylic oxidation sites excluding steroid dienone is 5. The van der Waals surface area contributed by atoms with E-state index in [1.165, 1.54) is 7.11 Å². The lowest BCUT2D eigenvalue weighted by atomic mass is 10.1. The molecule has 0 aliphatic heterocycles. The van der Waals surface area contributed by atoms with Crippen molar-refractivity contribution in [1.29, 1.82) is 0 Å². The maximum atomic E-state index is 11.4. The summed E-state index contributed by atoms with van der Waals surface area (Å²) < 4.78 is 11.7. The van der Waals surface area contributed by atoms with E-state index in [1.807, 2.05) is 54.6 Å². The summed E-state index contributed by atoms with van der Waals surface area (Å²) in [6.45, 7) is 2.32. The number of unbranched alkanes of at least 4 members (excludes halogenated alkanes) is 1. The zero-order valence-electron chi connectivity index (χ0n) is 16.5. The molecule has 152 valence electrons. The first-order chi connectivity index (χ1) is 13.6. The minimum Gasteiger partial charge on any atom is -0.466 e. The van der Waals surface area contributed by atoms with Crippen LogP contribution < -0.4 is 0 Å². The van der Waals surface area contributed by atoms with Gasteiger partial charge in [0.05, 0.1) is 26.4 Å². The molecular weight excluding hydrogens is 420 g/mol. The van der Waals surface area contributed by atoms with Crippen molar-refractivity contribution in [2.45, 2.75) is 38.9 Å². The van der Waals surface area contributed by atoms with Gasteiger partial charge in [-0.3, -0.25) is 0 Å². The number of rotatable bonds is 12. The standard InChI is InChI=1S/C23H29BrO4/c1-19(23(26)27-2)11-8-9-15-22(17-21(24)14-7-4-10-16-25)28-18-20-12-5-3-6-13-20/h3-7,10-14,17,22,25H,8-9,15-16,18H2,1-2H3/b10-4+,14-7+,19-11+,21-17-/t22-/m0/s1. The first-order valence-electron chi connectivity index (χ1n) is 9.28. The number of hydrogen-bond donors (Lipinski definition) is 1. The molecule has 4 nitrogen and oxygen atoms in total. The number of benzene rings is 1. The monoisotopic (exact) mass is 448 g/mol. The summed E-state index contributed by atoms with van der Waals surface area (Å²) in [4.78, 5) is 11.4. The molecular formula is C23H29BrO4. The molecule has 1 aromatic carbocycles. The van der Waals surface area contributed by atoms with Gasteiger partial charge in [-0.2, -0.15) is 0 Å². The van der Waals surface area contributed by atoms with Crippen molar-refractivity contribution in [3.8, 4) is 0 Å². The molecule has 0 heterocycles. The van der Waals surface area contributed by atoms with Crippen LogP contribution in [-0.2, 0) is 20.9 Å². The number of esters is 1. The molecule has 0 bridgehead atoms. The minimum atomic E-state index is -0.291. The Hall–Kier alpha value is -1.95. The molecule has 0 aromatic heterocycles. The maximum Gasteiger partial charge on any atom is 0.333 e. The predicted molar refractivity (Wildman–Crippen MR) is 117 cm³/mol. The van der Waals surface area contributed by atoms with E-state index in [1.54, 1.807) is 19.1 Å². The molecule has 0 aliphatic rings. The molecule has 5 heteroatoms. The summed E-state index contributed by atoms with van der Waals surface area (Å²) in [7, 11) is 1.39. The largest absolute Gasteiger partial charge is 0.466 e. The lowest BCUT2D eigenvalue weighted by Crippen LogP contribution is -2.10. The normalized spacial score (nSPS) is 14.0. The first-order valence-corrected chi connectivity index (χ1v) is 10.1. The molecule has 1 atom stereocenters. The lowest BCUT2D eigenvalue weighted by molar-refractivity contribution is -0.136. The molecule has 0 saturated carbocycles. The number of aliphatic hydroxyl groups excluding tert-OH is 1. The highest BCUT2D eigenvalue weighted by molar-refractivity contribution is 9.11. The van der Waals surface area contributed by atoms with Crippen LogP contribution in [0.25, 0.3) is 0 Å². The first kappa shape index (κ1) is 24.1. The second kappa shape index (κ2) is 15.0. The van der Waals surface area contributed by atoms with Gasteiger partial charge in [0.2, 0.25) is 0 Å². The Morgan fingerprint density at radius 2 is 2.00 bits per heavy atom. The van der Waals surface area contributed by atoms with Crippen LogP contribution in [0.4, 0.5) is 0 Å². The quantitative estimate of drug-likeness (QED) is 0.205. The van der Waals surface area contributed by atoms with Gasteiger partial charge in [-0.25, -0.2) is 4.79 Å². The zero-order valence-corrected chi connectivity index (χ0v) is 18.1. The van der Waals surface area contributed by atoms with Gasteiger partial charge in [0.25, 0.3) is 0 Å². The van der Waals surface area contributed by atoms with Crippen LogP contribution in [0.1, 0.15) is 31.7 Å². The summed E-state index contributed by atoms with van der Waals surface area (Å²) in [6.07, 6.45) is 13.6. The van der Waals surface area contributed by atoms with Crippen LogP contribution >= 0.6 is 15.9 Å². The summed E-state index contributed by atoms with van der Waals surface area (Å²) in [5.74, 6) is -0.291. The van der Waals surface area contributed by atoms with Crippen molar-refractivity contribution in [3.63, 3.8) is 0 Å². The number of aliphatic hydroxyl groups is 1. The molecule has 0 spiro atoms. The molecule has 1 N–H and O–H groups in total. The van der Waals surface area contributed by atoms with Crippen molar-refractivity contribution in [1.82, 2.24) is 0 Å². The Balaban J connectivity index is 2.67. The number of hydrogen-bond acceptors (Lipinski definition) is 4. The van der Waals surface area contributed by atoms with E-state index >= 15 is 0 Å². The molecule has 0 aliphatic carbocycles. The Kier molecular flexibility index (Phi) is 12.9. The number of carbonyl (C=O) groups is 1. The highest BCUT2D eigenvalue weighted by atomic mass is 79.9. The SMILES string of the molecule is COC(=O)/C(C)=C/CCC[C@@H](/C=C(Br)/C=C/C=C/CO)OCc1ccccc1. The minimum absolute atomic E-state index is 0.0208. The van der Waals surface area contributed by atoms with Crippen molar-refractivity contribution in [3.05, 3.63) is 82.4 Å². The van der Waals surface area contributed by atoms with Crippen molar-refractivity contribution in [2.24, 2.45) is 0 Å². The van der Waals surface area contributed by atoms with Crippen LogP contribution in [0, 0.1) is 0 Å². The molecule has 0 fully saturated rings. The zero-order chi connectivity index (χ0) is 20.6. The summed E-state index contributed by atoms with van der Waals surface area (Å²) >= 11 is 3.54. The molecule has 1 rings (SSSR count). The third-order valence-electron chi connectivity index (χ3n) is 3.91. The van der Waals surface area contributed by atoms with E-state index in [0.29, 0.717) is 12.2 Å². The Morgan fingerprint density at radius 3 is 2.68 bits per heavy atom. The van der Waals surface area contributed by atoms with Crippen LogP contribution in [0.15, 0.2) is 76.8 Å². The molecule has 0 saturated heterocycles. The number of carbonyl (C=O) groups excluding carboxylic acids is 1. The molecule has 28 heavy (non-hydrogen) atoms. The number of methoxy groups -OCH3 is 1. The summed E-state index contributed by atoms with van der Waals surface area (Å²) in [6, 6.07) is 10.1. The third-order valence-corrected chi connectivity index (χ3v) is 4.44. The van der Waals surface area contributed by atoms with Crippen LogP contribution in [-0.4, -0.2) is 30.9 Å². The van der Waals surface area contributed by atoms with E-state index < -0.39 is 0 Å². The van der Waals surface area contributed by atoms with E-state index in [0.717, 1.165) is 29.3 Å². The number of halogens is 1. The maximum absolute atomic E-state index is 11.4. The second-order valence-electron chi connectivity index (χ2n) is 6.17. The van der Waals surface area contributed by atoms with Crippen molar-refractivity contribution >= 4 is 21.9 Å². The molecule has 0 unspecified atom stereocenters. The van der Waals surface area contributed by atoms with Crippen LogP contribution in [0.3, 0.4) is 0 Å². The topological polar surface area (TPSA) is 55.8 Å². The van der Waals surface area contributed by atoms with Crippen molar-refractivity contribution < 1.29 is 19.4 Å². The second-order valence-corrected chi connectivity index (χ2v) is 7.08. The van der Waals surface area contributed by atoms with E-state index in [2.05, 4.69) is 15.9 Å². The average Bonchev–Trinajstić information content (AvgIpc) is 2.72. The Labute approximate surface area is 176 Å². The van der Waals surface area contributed by atoms with Crippen molar-refractivity contribution in [2.75, 3.05) is 13.7 Å². The lowest BCUT2D eigenvalue weighted by Gasteiger charge is -2.15. The van der Waals surface area contributed by atoms with Gasteiger partial charge in [-0.1, -0.05) is 70.6 Å². The van der Waals surface area contributed by atoms with Gasteiger partial charge in [0, 0.05) is 10.1 Å². The van der Waals surface area contributed by atoms with E-state index in [-0.39, 0.29) is 18.7 Å². The predicted octanol–water partition coefficient (Wildman–Crippen LogP) is 5.24. The van der Waals surface area contributed by atoms with Gasteiger partial charge >= 0.3 is 5.97 Å². The molecule has 1 aromatic rings. The van der Waals surface area contributed by atoms with E-state index in [4.69, 9.17) is 14.6 Å². The molecule has 0 radical (unpaired) electrons. The van der Waals surface area contributed by atoms with Crippen LogP contribution in [0.5, 0.6) is 0 Å². The summed E-state index contributed by atoms with van der Waals surface area (Å²) in [5, 5.41) is 8.76. The third kappa shape index (κ3) is 11.0. The highest BCUT2D eigenvalue weighted by Crippen LogP contribution is 2.17. The Bertz CT molecular complexity index is 690. The van der Waals surface area contributed by atoms with Gasteiger partial charge in [-0.05, 0) is 43.9 Å². The van der Waals surface area contributed by atoms with Gasteiger partial charge in [0.1, 0.15) is 0 Å². The fraction of sp³-hybridized carbons (Fsp3) is 0.348.